The molecule has 2 aliphatic heterocycles. The van der Waals surface area contributed by atoms with Crippen molar-refractivity contribution in [2.45, 2.75) is 50.2 Å². The standard InChI is InChI=1S/C14H17BrCl2N2/c15-11-4-5-12(14(17)13(11)16)19-9-2-1-3-10(19)7-8(18)6-9/h4-5,8-10H,1-3,6-7,18H2. The van der Waals surface area contributed by atoms with Gasteiger partial charge in [0.25, 0.3) is 0 Å². The number of anilines is 1. The predicted octanol–water partition coefficient (Wildman–Crippen LogP) is 4.60. The lowest BCUT2D eigenvalue weighted by Crippen LogP contribution is -2.55. The Morgan fingerprint density at radius 1 is 1.11 bits per heavy atom. The van der Waals surface area contributed by atoms with Gasteiger partial charge in [-0.15, -0.1) is 0 Å². The number of fused-ring (bicyclic) bond motifs is 2. The highest BCUT2D eigenvalue weighted by Gasteiger charge is 2.38. The number of halogens is 3. The van der Waals surface area contributed by atoms with Crippen molar-refractivity contribution in [2.24, 2.45) is 5.73 Å². The molecule has 0 aromatic heterocycles. The minimum absolute atomic E-state index is 0.330. The summed E-state index contributed by atoms with van der Waals surface area (Å²) in [7, 11) is 0. The summed E-state index contributed by atoms with van der Waals surface area (Å²) in [5.74, 6) is 0. The van der Waals surface area contributed by atoms with Gasteiger partial charge in [0, 0.05) is 22.6 Å². The second kappa shape index (κ2) is 5.44. The molecule has 2 unspecified atom stereocenters. The van der Waals surface area contributed by atoms with Crippen LogP contribution in [-0.2, 0) is 0 Å². The van der Waals surface area contributed by atoms with E-state index in [-0.39, 0.29) is 0 Å². The van der Waals surface area contributed by atoms with Crippen LogP contribution >= 0.6 is 39.1 Å². The number of nitrogens with zero attached hydrogens (tertiary/aromatic N) is 1. The van der Waals surface area contributed by atoms with Gasteiger partial charge >= 0.3 is 0 Å². The lowest BCUT2D eigenvalue weighted by Gasteiger charge is -2.50. The minimum atomic E-state index is 0.330. The van der Waals surface area contributed by atoms with Crippen LogP contribution in [0.5, 0.6) is 0 Å². The van der Waals surface area contributed by atoms with Gasteiger partial charge in [0.05, 0.1) is 15.7 Å². The maximum atomic E-state index is 6.45. The zero-order chi connectivity index (χ0) is 13.6. The molecule has 0 aliphatic carbocycles. The zero-order valence-electron chi connectivity index (χ0n) is 10.6. The molecule has 0 spiro atoms. The summed E-state index contributed by atoms with van der Waals surface area (Å²) in [6.07, 6.45) is 5.81. The van der Waals surface area contributed by atoms with Gasteiger partial charge in [-0.05, 0) is 60.2 Å². The van der Waals surface area contributed by atoms with Crippen molar-refractivity contribution in [3.63, 3.8) is 0 Å². The maximum absolute atomic E-state index is 6.45. The second-order valence-corrected chi connectivity index (χ2v) is 7.18. The third-order valence-corrected chi connectivity index (χ3v) is 6.07. The third kappa shape index (κ3) is 2.51. The van der Waals surface area contributed by atoms with Crippen molar-refractivity contribution in [2.75, 3.05) is 4.90 Å². The number of benzene rings is 1. The zero-order valence-corrected chi connectivity index (χ0v) is 13.7. The van der Waals surface area contributed by atoms with E-state index in [0.717, 1.165) is 23.0 Å². The highest BCUT2D eigenvalue weighted by molar-refractivity contribution is 9.10. The molecule has 2 atom stereocenters. The van der Waals surface area contributed by atoms with Crippen LogP contribution in [0.25, 0.3) is 0 Å². The van der Waals surface area contributed by atoms with Crippen LogP contribution in [0.3, 0.4) is 0 Å². The molecular weight excluding hydrogens is 347 g/mol. The van der Waals surface area contributed by atoms with E-state index in [9.17, 15) is 0 Å². The molecule has 0 radical (unpaired) electrons. The van der Waals surface area contributed by atoms with Crippen molar-refractivity contribution in [1.29, 1.82) is 0 Å². The topological polar surface area (TPSA) is 29.3 Å². The van der Waals surface area contributed by atoms with Gasteiger partial charge < -0.3 is 10.6 Å². The molecule has 1 aromatic rings. The summed E-state index contributed by atoms with van der Waals surface area (Å²) in [5.41, 5.74) is 7.23. The van der Waals surface area contributed by atoms with E-state index in [1.165, 1.54) is 19.3 Å². The molecule has 0 amide bonds. The Hall–Kier alpha value is 0.0400. The molecule has 2 N–H and O–H groups in total. The van der Waals surface area contributed by atoms with Crippen LogP contribution in [-0.4, -0.2) is 18.1 Å². The number of rotatable bonds is 1. The SMILES string of the molecule is NC1CC2CCCC(C1)N2c1ccc(Br)c(Cl)c1Cl. The molecule has 1 aromatic carbocycles. The minimum Gasteiger partial charge on any atom is -0.364 e. The Kier molecular flexibility index (Phi) is 4.01. The first-order chi connectivity index (χ1) is 9.08. The average Bonchev–Trinajstić information content (AvgIpc) is 2.36. The van der Waals surface area contributed by atoms with Crippen LogP contribution in [0.2, 0.25) is 10.0 Å². The first-order valence-electron chi connectivity index (χ1n) is 6.75. The van der Waals surface area contributed by atoms with Crippen molar-refractivity contribution < 1.29 is 0 Å². The van der Waals surface area contributed by atoms with Gasteiger partial charge in [-0.25, -0.2) is 0 Å². The van der Waals surface area contributed by atoms with Crippen LogP contribution in [0.1, 0.15) is 32.1 Å². The highest BCUT2D eigenvalue weighted by Crippen LogP contribution is 2.44. The molecule has 0 saturated carbocycles. The van der Waals surface area contributed by atoms with E-state index in [2.05, 4.69) is 26.9 Å². The van der Waals surface area contributed by atoms with E-state index in [1.807, 2.05) is 6.07 Å². The van der Waals surface area contributed by atoms with Gasteiger partial charge in [0.15, 0.2) is 0 Å². The van der Waals surface area contributed by atoms with Crippen LogP contribution in [0.15, 0.2) is 16.6 Å². The fraction of sp³-hybridized carbons (Fsp3) is 0.571. The molecule has 2 nitrogen and oxygen atoms in total. The van der Waals surface area contributed by atoms with Crippen molar-refractivity contribution in [3.8, 4) is 0 Å². The highest BCUT2D eigenvalue weighted by atomic mass is 79.9. The average molecular weight is 364 g/mol. The summed E-state index contributed by atoms with van der Waals surface area (Å²) < 4.78 is 0.849. The number of piperidine rings is 2. The summed E-state index contributed by atoms with van der Waals surface area (Å²) in [6, 6.07) is 5.40. The van der Waals surface area contributed by atoms with Crippen LogP contribution in [0.4, 0.5) is 5.69 Å². The van der Waals surface area contributed by atoms with Crippen LogP contribution in [0, 0.1) is 0 Å². The monoisotopic (exact) mass is 362 g/mol. The van der Waals surface area contributed by atoms with Crippen molar-refractivity contribution >= 4 is 44.8 Å². The van der Waals surface area contributed by atoms with Gasteiger partial charge in [0.2, 0.25) is 0 Å². The molecule has 5 heteroatoms. The summed E-state index contributed by atoms with van der Waals surface area (Å²) in [5, 5.41) is 1.26. The molecule has 2 saturated heterocycles. The fourth-order valence-electron chi connectivity index (χ4n) is 3.53. The number of hydrogen-bond donors (Lipinski definition) is 1. The first-order valence-corrected chi connectivity index (χ1v) is 8.30. The summed E-state index contributed by atoms with van der Waals surface area (Å²) in [6.45, 7) is 0. The fourth-order valence-corrected chi connectivity index (χ4v) is 4.40. The van der Waals surface area contributed by atoms with E-state index in [4.69, 9.17) is 28.9 Å². The number of hydrogen-bond acceptors (Lipinski definition) is 2. The first kappa shape index (κ1) is 14.0. The smallest absolute Gasteiger partial charge is 0.0837 e. The lowest BCUT2D eigenvalue weighted by molar-refractivity contribution is 0.271. The molecule has 2 bridgehead atoms. The Bertz CT molecular complexity index is 481. The summed E-state index contributed by atoms with van der Waals surface area (Å²) >= 11 is 16.1. The molecule has 2 fully saturated rings. The Morgan fingerprint density at radius 3 is 2.37 bits per heavy atom. The molecule has 2 heterocycles. The number of nitrogens with two attached hydrogens (primary N) is 1. The summed E-state index contributed by atoms with van der Waals surface area (Å²) in [4.78, 5) is 2.47. The molecule has 19 heavy (non-hydrogen) atoms. The van der Waals surface area contributed by atoms with E-state index in [1.54, 1.807) is 0 Å². The van der Waals surface area contributed by atoms with E-state index in [0.29, 0.717) is 28.2 Å². The Balaban J connectivity index is 2.00. The Labute approximate surface area is 132 Å². The predicted molar refractivity (Wildman–Crippen MR) is 85.3 cm³/mol. The molecule has 104 valence electrons. The third-order valence-electron chi connectivity index (χ3n) is 4.30. The van der Waals surface area contributed by atoms with E-state index < -0.39 is 0 Å². The molecular formula is C14H17BrCl2N2. The normalized spacial score (nSPS) is 30.5. The largest absolute Gasteiger partial charge is 0.364 e. The lowest BCUT2D eigenvalue weighted by atomic mass is 9.81. The van der Waals surface area contributed by atoms with Crippen LogP contribution < -0.4 is 10.6 Å². The van der Waals surface area contributed by atoms with Crippen molar-refractivity contribution in [1.82, 2.24) is 0 Å². The van der Waals surface area contributed by atoms with Crippen molar-refractivity contribution in [3.05, 3.63) is 26.7 Å². The van der Waals surface area contributed by atoms with Gasteiger partial charge in [-0.3, -0.25) is 0 Å². The second-order valence-electron chi connectivity index (χ2n) is 5.57. The quantitative estimate of drug-likeness (QED) is 0.738. The van der Waals surface area contributed by atoms with Gasteiger partial charge in [-0.2, -0.15) is 0 Å². The van der Waals surface area contributed by atoms with Gasteiger partial charge in [0.1, 0.15) is 0 Å². The molecule has 3 rings (SSSR count). The maximum Gasteiger partial charge on any atom is 0.0837 e. The van der Waals surface area contributed by atoms with Gasteiger partial charge in [-0.1, -0.05) is 23.2 Å². The molecule has 2 aliphatic rings. The Morgan fingerprint density at radius 2 is 1.74 bits per heavy atom. The van der Waals surface area contributed by atoms with E-state index >= 15 is 0 Å².